The monoisotopic (exact) mass is 339 g/mol. The third kappa shape index (κ3) is 2.99. The van der Waals surface area contributed by atoms with Crippen LogP contribution in [0.3, 0.4) is 0 Å². The van der Waals surface area contributed by atoms with E-state index in [9.17, 15) is 9.59 Å². The van der Waals surface area contributed by atoms with Crippen molar-refractivity contribution < 1.29 is 14.3 Å². The molecule has 6 nitrogen and oxygen atoms in total. The summed E-state index contributed by atoms with van der Waals surface area (Å²) < 4.78 is 7.36. The van der Waals surface area contributed by atoms with Crippen molar-refractivity contribution in [2.45, 2.75) is 6.42 Å². The first-order valence-corrected chi connectivity index (χ1v) is 8.58. The zero-order valence-electron chi connectivity index (χ0n) is 14.3. The van der Waals surface area contributed by atoms with Crippen molar-refractivity contribution in [3.05, 3.63) is 53.3 Å². The molecule has 130 valence electrons. The molecule has 0 unspecified atom stereocenters. The molecular weight excluding hydrogens is 318 g/mol. The number of carbonyl (C=O) groups is 2. The maximum atomic E-state index is 12.7. The molecule has 2 aliphatic heterocycles. The zero-order valence-corrected chi connectivity index (χ0v) is 14.3. The van der Waals surface area contributed by atoms with Gasteiger partial charge in [-0.05, 0) is 29.8 Å². The van der Waals surface area contributed by atoms with Gasteiger partial charge in [-0.3, -0.25) is 9.59 Å². The van der Waals surface area contributed by atoms with E-state index in [2.05, 4.69) is 0 Å². The number of rotatable bonds is 2. The normalized spacial score (nSPS) is 16.5. The van der Waals surface area contributed by atoms with E-state index < -0.39 is 0 Å². The maximum absolute atomic E-state index is 12.7. The molecule has 1 aromatic heterocycles. The van der Waals surface area contributed by atoms with Gasteiger partial charge in [0.2, 0.25) is 0 Å². The molecule has 0 saturated carbocycles. The summed E-state index contributed by atoms with van der Waals surface area (Å²) in [6.45, 7) is 2.93. The highest BCUT2D eigenvalue weighted by Gasteiger charge is 2.26. The van der Waals surface area contributed by atoms with Crippen LogP contribution in [0, 0.1) is 0 Å². The van der Waals surface area contributed by atoms with Crippen molar-refractivity contribution in [3.63, 3.8) is 0 Å². The van der Waals surface area contributed by atoms with Gasteiger partial charge in [0.1, 0.15) is 5.75 Å². The van der Waals surface area contributed by atoms with Crippen LogP contribution >= 0.6 is 0 Å². The Labute approximate surface area is 146 Å². The minimum absolute atomic E-state index is 0.0292. The topological polar surface area (TPSA) is 54.8 Å². The lowest BCUT2D eigenvalue weighted by Gasteiger charge is -2.34. The number of amides is 2. The second-order valence-electron chi connectivity index (χ2n) is 6.57. The molecule has 2 aliphatic rings. The molecule has 1 fully saturated rings. The van der Waals surface area contributed by atoms with E-state index in [0.717, 1.165) is 17.7 Å². The average Bonchev–Trinajstić information content (AvgIpc) is 3.28. The highest BCUT2D eigenvalue weighted by molar-refractivity contribution is 5.96. The highest BCUT2D eigenvalue weighted by atomic mass is 16.5. The largest absolute Gasteiger partial charge is 0.493 e. The van der Waals surface area contributed by atoms with E-state index in [1.165, 1.54) is 0 Å². The summed E-state index contributed by atoms with van der Waals surface area (Å²) in [5.74, 6) is 0.943. The first-order valence-electron chi connectivity index (χ1n) is 8.58. The number of aromatic nitrogens is 1. The van der Waals surface area contributed by atoms with E-state index in [-0.39, 0.29) is 11.8 Å². The van der Waals surface area contributed by atoms with E-state index in [0.29, 0.717) is 43.9 Å². The van der Waals surface area contributed by atoms with Gasteiger partial charge in [0.15, 0.2) is 0 Å². The van der Waals surface area contributed by atoms with Gasteiger partial charge < -0.3 is 19.1 Å². The van der Waals surface area contributed by atoms with Crippen LogP contribution in [0.5, 0.6) is 5.75 Å². The van der Waals surface area contributed by atoms with Crippen LogP contribution in [-0.4, -0.2) is 59.0 Å². The molecule has 0 bridgehead atoms. The van der Waals surface area contributed by atoms with Gasteiger partial charge >= 0.3 is 0 Å². The fourth-order valence-electron chi connectivity index (χ4n) is 3.43. The maximum Gasteiger partial charge on any atom is 0.255 e. The van der Waals surface area contributed by atoms with Gasteiger partial charge in [0.25, 0.3) is 11.8 Å². The Balaban J connectivity index is 1.40. The van der Waals surface area contributed by atoms with Gasteiger partial charge in [-0.2, -0.15) is 0 Å². The van der Waals surface area contributed by atoms with E-state index in [1.807, 2.05) is 58.1 Å². The van der Waals surface area contributed by atoms with Crippen molar-refractivity contribution in [3.8, 4) is 5.75 Å². The van der Waals surface area contributed by atoms with Crippen LogP contribution in [0.4, 0.5) is 0 Å². The number of aryl methyl sites for hydroxylation is 1. The standard InChI is InChI=1S/C19H21N3O3/c1-20-6-4-16(13-20)19(24)22-9-7-21(8-10-22)18(23)15-2-3-17-14(12-15)5-11-25-17/h2-4,6,12-13H,5,7-11H2,1H3. The van der Waals surface area contributed by atoms with E-state index >= 15 is 0 Å². The molecule has 1 aromatic carbocycles. The highest BCUT2D eigenvalue weighted by Crippen LogP contribution is 2.26. The molecule has 0 N–H and O–H groups in total. The number of nitrogens with zero attached hydrogens (tertiary/aromatic N) is 3. The van der Waals surface area contributed by atoms with Crippen molar-refractivity contribution in [2.75, 3.05) is 32.8 Å². The van der Waals surface area contributed by atoms with Gasteiger partial charge in [0, 0.05) is 57.6 Å². The Hall–Kier alpha value is -2.76. The molecule has 4 rings (SSSR count). The molecule has 0 spiro atoms. The fourth-order valence-corrected chi connectivity index (χ4v) is 3.43. The summed E-state index contributed by atoms with van der Waals surface area (Å²) in [5.41, 5.74) is 2.50. The van der Waals surface area contributed by atoms with Gasteiger partial charge in [-0.25, -0.2) is 0 Å². The summed E-state index contributed by atoms with van der Waals surface area (Å²) >= 11 is 0. The average molecular weight is 339 g/mol. The first kappa shape index (κ1) is 15.7. The fraction of sp³-hybridized carbons (Fsp3) is 0.368. The zero-order chi connectivity index (χ0) is 17.4. The van der Waals surface area contributed by atoms with Crippen LogP contribution in [0.25, 0.3) is 0 Å². The molecule has 0 radical (unpaired) electrons. The van der Waals surface area contributed by atoms with E-state index in [1.54, 1.807) is 0 Å². The molecule has 25 heavy (non-hydrogen) atoms. The lowest BCUT2D eigenvalue weighted by Crippen LogP contribution is -2.50. The van der Waals surface area contributed by atoms with Crippen molar-refractivity contribution in [1.29, 1.82) is 0 Å². The summed E-state index contributed by atoms with van der Waals surface area (Å²) in [5, 5.41) is 0. The van der Waals surface area contributed by atoms with Crippen LogP contribution in [-0.2, 0) is 13.5 Å². The Morgan fingerprint density at radius 2 is 1.64 bits per heavy atom. The molecule has 0 aliphatic carbocycles. The molecular formula is C19H21N3O3. The lowest BCUT2D eigenvalue weighted by molar-refractivity contribution is 0.0535. The van der Waals surface area contributed by atoms with Crippen molar-refractivity contribution in [1.82, 2.24) is 14.4 Å². The molecule has 6 heteroatoms. The summed E-state index contributed by atoms with van der Waals surface area (Å²) in [6, 6.07) is 7.47. The minimum atomic E-state index is 0.0292. The van der Waals surface area contributed by atoms with Crippen LogP contribution in [0.2, 0.25) is 0 Å². The smallest absolute Gasteiger partial charge is 0.255 e. The summed E-state index contributed by atoms with van der Waals surface area (Å²) in [7, 11) is 1.90. The SMILES string of the molecule is Cn1ccc(C(=O)N2CCN(C(=O)c3ccc4c(c3)CCO4)CC2)c1. The summed E-state index contributed by atoms with van der Waals surface area (Å²) in [6.07, 6.45) is 4.55. The molecule has 2 aromatic rings. The molecule has 2 amide bonds. The van der Waals surface area contributed by atoms with Crippen molar-refractivity contribution in [2.24, 2.45) is 7.05 Å². The first-order chi connectivity index (χ1) is 12.1. The number of hydrogen-bond donors (Lipinski definition) is 0. The predicted octanol–water partition coefficient (Wildman–Crippen LogP) is 1.56. The Bertz CT molecular complexity index is 819. The number of fused-ring (bicyclic) bond motifs is 1. The molecule has 1 saturated heterocycles. The third-order valence-electron chi connectivity index (χ3n) is 4.87. The van der Waals surface area contributed by atoms with Gasteiger partial charge in [0.05, 0.1) is 12.2 Å². The van der Waals surface area contributed by atoms with Crippen LogP contribution in [0.1, 0.15) is 26.3 Å². The van der Waals surface area contributed by atoms with Gasteiger partial charge in [-0.1, -0.05) is 0 Å². The second-order valence-corrected chi connectivity index (χ2v) is 6.57. The number of benzene rings is 1. The second kappa shape index (κ2) is 6.27. The quantitative estimate of drug-likeness (QED) is 0.834. The Morgan fingerprint density at radius 3 is 2.28 bits per heavy atom. The molecule has 0 atom stereocenters. The minimum Gasteiger partial charge on any atom is -0.493 e. The number of hydrogen-bond acceptors (Lipinski definition) is 3. The Kier molecular flexibility index (Phi) is 3.95. The predicted molar refractivity (Wildman–Crippen MR) is 92.9 cm³/mol. The van der Waals surface area contributed by atoms with E-state index in [4.69, 9.17) is 4.74 Å². The van der Waals surface area contributed by atoms with Crippen LogP contribution < -0.4 is 4.74 Å². The molecule has 3 heterocycles. The van der Waals surface area contributed by atoms with Crippen LogP contribution in [0.15, 0.2) is 36.7 Å². The lowest BCUT2D eigenvalue weighted by atomic mass is 10.1. The number of ether oxygens (including phenoxy) is 1. The number of piperazine rings is 1. The van der Waals surface area contributed by atoms with Gasteiger partial charge in [-0.15, -0.1) is 0 Å². The Morgan fingerprint density at radius 1 is 0.960 bits per heavy atom. The van der Waals surface area contributed by atoms with Crippen molar-refractivity contribution >= 4 is 11.8 Å². The summed E-state index contributed by atoms with van der Waals surface area (Å²) in [4.78, 5) is 28.9. The number of carbonyl (C=O) groups excluding carboxylic acids is 2. The third-order valence-corrected chi connectivity index (χ3v) is 4.87.